The van der Waals surface area contributed by atoms with Crippen molar-refractivity contribution in [3.8, 4) is 0 Å². The van der Waals surface area contributed by atoms with Gasteiger partial charge in [-0.3, -0.25) is 13.9 Å². The summed E-state index contributed by atoms with van der Waals surface area (Å²) in [5, 5.41) is 6.02. The van der Waals surface area contributed by atoms with Crippen LogP contribution in [0.15, 0.2) is 36.4 Å². The smallest absolute Gasteiger partial charge is 0.261 e. The van der Waals surface area contributed by atoms with Gasteiger partial charge in [-0.05, 0) is 68.5 Å². The molecule has 2 N–H and O–H groups in total. The molecule has 2 fully saturated rings. The Morgan fingerprint density at radius 1 is 0.935 bits per heavy atom. The summed E-state index contributed by atoms with van der Waals surface area (Å²) < 4.78 is 26.5. The van der Waals surface area contributed by atoms with E-state index in [0.717, 1.165) is 25.7 Å². The molecular formula is C21H24ClN3O4S2. The molecule has 0 bridgehead atoms. The van der Waals surface area contributed by atoms with Crippen molar-refractivity contribution in [3.63, 3.8) is 0 Å². The number of rotatable bonds is 5. The first kappa shape index (κ1) is 22.1. The number of carbonyl (C=O) groups is 2. The van der Waals surface area contributed by atoms with Gasteiger partial charge in [0, 0.05) is 24.2 Å². The maximum Gasteiger partial charge on any atom is 0.261 e. The molecule has 2 amide bonds. The third-order valence-electron chi connectivity index (χ3n) is 5.71. The average Bonchev–Trinajstić information content (AvgIpc) is 3.37. The number of halogens is 1. The quantitative estimate of drug-likeness (QED) is 0.684. The molecule has 1 aromatic heterocycles. The third-order valence-corrected chi connectivity index (χ3v) is 8.81. The zero-order valence-electron chi connectivity index (χ0n) is 16.8. The zero-order chi connectivity index (χ0) is 22.0. The van der Waals surface area contributed by atoms with Crippen LogP contribution >= 0.6 is 22.9 Å². The Labute approximate surface area is 190 Å². The molecule has 2 aromatic rings. The second kappa shape index (κ2) is 9.18. The fraction of sp³-hybridized carbons (Fsp3) is 0.429. The normalized spacial score (nSPS) is 22.8. The van der Waals surface area contributed by atoms with Gasteiger partial charge in [-0.2, -0.15) is 0 Å². The van der Waals surface area contributed by atoms with Crippen molar-refractivity contribution in [2.75, 3.05) is 16.6 Å². The van der Waals surface area contributed by atoms with E-state index < -0.39 is 10.0 Å². The summed E-state index contributed by atoms with van der Waals surface area (Å²) in [6, 6.07) is 9.71. The second-order valence-corrected chi connectivity index (χ2v) is 11.6. The van der Waals surface area contributed by atoms with Crippen molar-refractivity contribution in [2.45, 2.75) is 44.2 Å². The van der Waals surface area contributed by atoms with Gasteiger partial charge >= 0.3 is 0 Å². The maximum atomic E-state index is 12.7. The Kier molecular flexibility index (Phi) is 6.55. The molecule has 1 saturated carbocycles. The first-order chi connectivity index (χ1) is 14.8. The first-order valence-electron chi connectivity index (χ1n) is 10.3. The van der Waals surface area contributed by atoms with Gasteiger partial charge in [-0.25, -0.2) is 8.42 Å². The minimum absolute atomic E-state index is 0.143. The van der Waals surface area contributed by atoms with Crippen LogP contribution < -0.4 is 14.9 Å². The fourth-order valence-corrected chi connectivity index (χ4v) is 6.68. The molecule has 0 spiro atoms. The number of thiophene rings is 1. The van der Waals surface area contributed by atoms with Crippen molar-refractivity contribution in [2.24, 2.45) is 0 Å². The van der Waals surface area contributed by atoms with Crippen molar-refractivity contribution >= 4 is 50.5 Å². The highest BCUT2D eigenvalue weighted by atomic mass is 35.5. The molecule has 31 heavy (non-hydrogen) atoms. The van der Waals surface area contributed by atoms with E-state index in [9.17, 15) is 18.0 Å². The van der Waals surface area contributed by atoms with Crippen LogP contribution in [0.3, 0.4) is 0 Å². The van der Waals surface area contributed by atoms with Crippen LogP contribution in [0.5, 0.6) is 0 Å². The predicted octanol–water partition coefficient (Wildman–Crippen LogP) is 3.41. The van der Waals surface area contributed by atoms with E-state index >= 15 is 0 Å². The van der Waals surface area contributed by atoms with E-state index in [1.807, 2.05) is 0 Å². The van der Waals surface area contributed by atoms with Crippen molar-refractivity contribution in [1.29, 1.82) is 0 Å². The Morgan fingerprint density at radius 3 is 2.23 bits per heavy atom. The molecular weight excluding hydrogens is 458 g/mol. The molecule has 2 aliphatic rings. The molecule has 0 unspecified atom stereocenters. The number of sulfonamides is 1. The number of amides is 2. The zero-order valence-corrected chi connectivity index (χ0v) is 19.2. The highest BCUT2D eigenvalue weighted by Gasteiger charge is 2.31. The van der Waals surface area contributed by atoms with Gasteiger partial charge in [-0.15, -0.1) is 11.3 Å². The molecule has 4 rings (SSSR count). The fourth-order valence-electron chi connectivity index (χ4n) is 4.09. The number of hydrogen-bond donors (Lipinski definition) is 2. The second-order valence-electron chi connectivity index (χ2n) is 7.84. The highest BCUT2D eigenvalue weighted by Crippen LogP contribution is 2.25. The van der Waals surface area contributed by atoms with Gasteiger partial charge in [0.05, 0.1) is 20.7 Å². The lowest BCUT2D eigenvalue weighted by Crippen LogP contribution is -2.48. The van der Waals surface area contributed by atoms with E-state index in [-0.39, 0.29) is 29.7 Å². The number of hydrogen-bond acceptors (Lipinski definition) is 5. The minimum Gasteiger partial charge on any atom is -0.347 e. The van der Waals surface area contributed by atoms with E-state index in [1.54, 1.807) is 36.4 Å². The lowest BCUT2D eigenvalue weighted by Gasteiger charge is -2.28. The summed E-state index contributed by atoms with van der Waals surface area (Å²) in [5.41, 5.74) is 1.04. The van der Waals surface area contributed by atoms with E-state index in [4.69, 9.17) is 11.6 Å². The predicted molar refractivity (Wildman–Crippen MR) is 122 cm³/mol. The van der Waals surface area contributed by atoms with Crippen LogP contribution in [-0.2, 0) is 10.0 Å². The van der Waals surface area contributed by atoms with Crippen molar-refractivity contribution < 1.29 is 18.0 Å². The highest BCUT2D eigenvalue weighted by molar-refractivity contribution is 7.92. The molecule has 2 atom stereocenters. The van der Waals surface area contributed by atoms with Crippen LogP contribution in [0, 0.1) is 0 Å². The van der Waals surface area contributed by atoms with Crippen molar-refractivity contribution in [1.82, 2.24) is 10.6 Å². The first-order valence-corrected chi connectivity index (χ1v) is 13.1. The summed E-state index contributed by atoms with van der Waals surface area (Å²) >= 11 is 7.13. The Bertz CT molecular complexity index is 1070. The number of carbonyl (C=O) groups excluding carboxylic acids is 2. The van der Waals surface area contributed by atoms with Gasteiger partial charge in [-0.1, -0.05) is 11.6 Å². The maximum absolute atomic E-state index is 12.7. The molecule has 1 aromatic carbocycles. The molecule has 7 nitrogen and oxygen atoms in total. The van der Waals surface area contributed by atoms with Crippen LogP contribution in [0.2, 0.25) is 4.34 Å². The lowest BCUT2D eigenvalue weighted by atomic mass is 10.1. The molecule has 1 aliphatic heterocycles. The number of benzene rings is 1. The molecule has 10 heteroatoms. The van der Waals surface area contributed by atoms with Crippen LogP contribution in [0.1, 0.15) is 52.1 Å². The summed E-state index contributed by atoms with van der Waals surface area (Å²) in [7, 11) is -3.28. The summed E-state index contributed by atoms with van der Waals surface area (Å²) in [4.78, 5) is 25.7. The Hall–Kier alpha value is -2.10. The molecule has 1 aliphatic carbocycles. The summed E-state index contributed by atoms with van der Waals surface area (Å²) in [6.45, 7) is 0.465. The molecule has 166 valence electrons. The van der Waals surface area contributed by atoms with Crippen LogP contribution in [-0.4, -0.2) is 44.6 Å². The number of nitrogens with zero attached hydrogens (tertiary/aromatic N) is 1. The van der Waals surface area contributed by atoms with Crippen molar-refractivity contribution in [3.05, 3.63) is 51.2 Å². The van der Waals surface area contributed by atoms with Gasteiger partial charge in [0.25, 0.3) is 11.8 Å². The van der Waals surface area contributed by atoms with Gasteiger partial charge in [0.15, 0.2) is 0 Å². The summed E-state index contributed by atoms with van der Waals surface area (Å²) in [6.07, 6.45) is 3.99. The minimum atomic E-state index is -3.28. The Balaban J connectivity index is 1.38. The van der Waals surface area contributed by atoms with E-state index in [0.29, 0.717) is 33.4 Å². The number of nitrogens with one attached hydrogen (secondary N) is 2. The number of anilines is 1. The average molecular weight is 482 g/mol. The van der Waals surface area contributed by atoms with Gasteiger partial charge < -0.3 is 10.6 Å². The lowest BCUT2D eigenvalue weighted by molar-refractivity contribution is 0.0894. The molecule has 1 saturated heterocycles. The van der Waals surface area contributed by atoms with E-state index in [1.165, 1.54) is 15.6 Å². The van der Waals surface area contributed by atoms with Crippen LogP contribution in [0.25, 0.3) is 0 Å². The van der Waals surface area contributed by atoms with Gasteiger partial charge in [0.1, 0.15) is 0 Å². The standard InChI is InChI=1S/C21H24ClN3O4S2/c22-19-11-10-18(30-19)21(27)24-17-5-3-4-16(17)23-20(26)14-6-8-15(9-7-14)25-12-1-2-13-31(25,28)29/h6-11,16-17H,1-5,12-13H2,(H,23,26)(H,24,27)/t16-,17+/m0/s1. The third kappa shape index (κ3) is 5.05. The van der Waals surface area contributed by atoms with E-state index in [2.05, 4.69) is 10.6 Å². The molecule has 2 heterocycles. The Morgan fingerprint density at radius 2 is 1.61 bits per heavy atom. The molecule has 0 radical (unpaired) electrons. The van der Waals surface area contributed by atoms with Gasteiger partial charge in [0.2, 0.25) is 10.0 Å². The largest absolute Gasteiger partial charge is 0.347 e. The topological polar surface area (TPSA) is 95.6 Å². The summed E-state index contributed by atoms with van der Waals surface area (Å²) in [5.74, 6) is -0.268. The monoisotopic (exact) mass is 481 g/mol. The SMILES string of the molecule is O=C(N[C@H]1CCC[C@H]1NC(=O)c1ccc(Cl)s1)c1ccc(N2CCCCS2(=O)=O)cc1. The van der Waals surface area contributed by atoms with Crippen LogP contribution in [0.4, 0.5) is 5.69 Å².